The number of nitrogens with one attached hydrogen (secondary N) is 1. The predicted octanol–water partition coefficient (Wildman–Crippen LogP) is 4.30. The lowest BCUT2D eigenvalue weighted by molar-refractivity contribution is 0.529. The fourth-order valence-electron chi connectivity index (χ4n) is 5.10. The van der Waals surface area contributed by atoms with E-state index in [1.54, 1.807) is 10.6 Å². The second kappa shape index (κ2) is 7.11. The molecule has 0 radical (unpaired) electrons. The summed E-state index contributed by atoms with van der Waals surface area (Å²) in [6.45, 7) is 1.10. The number of aryl methyl sites for hydroxylation is 1. The van der Waals surface area contributed by atoms with Gasteiger partial charge in [0.25, 0.3) is 0 Å². The topological polar surface area (TPSA) is 109 Å². The zero-order valence-corrected chi connectivity index (χ0v) is 17.7. The molecule has 1 aliphatic rings. The van der Waals surface area contributed by atoms with Crippen molar-refractivity contribution < 1.29 is 4.39 Å². The maximum Gasteiger partial charge on any atom is 0.348 e. The highest BCUT2D eigenvalue weighted by atomic mass is 19.1. The van der Waals surface area contributed by atoms with Crippen LogP contribution in [0, 0.1) is 11.7 Å². The van der Waals surface area contributed by atoms with E-state index in [0.29, 0.717) is 36.3 Å². The van der Waals surface area contributed by atoms with Crippen LogP contribution in [0.15, 0.2) is 58.6 Å². The number of aromatic amines is 1. The summed E-state index contributed by atoms with van der Waals surface area (Å²) in [7, 11) is 1.88. The van der Waals surface area contributed by atoms with Gasteiger partial charge in [-0.05, 0) is 42.1 Å². The first-order valence-electron chi connectivity index (χ1n) is 10.6. The Morgan fingerprint density at radius 1 is 1.24 bits per heavy atom. The lowest BCUT2D eigenvalue weighted by Crippen LogP contribution is -2.17. The van der Waals surface area contributed by atoms with Gasteiger partial charge in [-0.25, -0.2) is 18.9 Å². The Hall–Kier alpha value is -4.30. The third-order valence-electron chi connectivity index (χ3n) is 6.46. The zero-order chi connectivity index (χ0) is 22.7. The number of halogens is 1. The van der Waals surface area contributed by atoms with Crippen molar-refractivity contribution in [2.45, 2.75) is 13.0 Å². The van der Waals surface area contributed by atoms with Crippen LogP contribution in [0.4, 0.5) is 4.39 Å². The highest BCUT2D eigenvalue weighted by Gasteiger charge is 2.30. The Balaban J connectivity index is 1.62. The van der Waals surface area contributed by atoms with Crippen molar-refractivity contribution in [3.05, 3.63) is 81.1 Å². The molecule has 1 unspecified atom stereocenters. The summed E-state index contributed by atoms with van der Waals surface area (Å²) in [4.78, 5) is 16.0. The molecular formula is C23H19FN8O. The number of azide groups is 1. The molecule has 164 valence electrons. The van der Waals surface area contributed by atoms with Crippen LogP contribution >= 0.6 is 0 Å². The van der Waals surface area contributed by atoms with E-state index in [2.05, 4.69) is 24.8 Å². The number of fused-ring (bicyclic) bond motifs is 4. The van der Waals surface area contributed by atoms with Crippen molar-refractivity contribution in [1.29, 1.82) is 0 Å². The fraction of sp³-hybridized carbons (Fsp3) is 0.217. The first-order chi connectivity index (χ1) is 16.1. The highest BCUT2D eigenvalue weighted by molar-refractivity contribution is 5.96. The number of hydrogen-bond donors (Lipinski definition) is 1. The molecule has 4 heterocycles. The van der Waals surface area contributed by atoms with Crippen LogP contribution in [0.25, 0.3) is 49.3 Å². The average molecular weight is 442 g/mol. The van der Waals surface area contributed by atoms with E-state index in [9.17, 15) is 9.18 Å². The Bertz CT molecular complexity index is 1660. The summed E-state index contributed by atoms with van der Waals surface area (Å²) in [5.74, 6) is 0.223. The van der Waals surface area contributed by atoms with Crippen LogP contribution in [0.5, 0.6) is 0 Å². The van der Waals surface area contributed by atoms with E-state index < -0.39 is 0 Å². The van der Waals surface area contributed by atoms with Gasteiger partial charge < -0.3 is 9.13 Å². The van der Waals surface area contributed by atoms with Gasteiger partial charge in [0, 0.05) is 58.8 Å². The number of rotatable bonds is 4. The lowest BCUT2D eigenvalue weighted by Gasteiger charge is -2.08. The van der Waals surface area contributed by atoms with Crippen molar-refractivity contribution in [2.24, 2.45) is 18.1 Å². The standard InChI is InChI=1S/C23H19FN8O/c1-30-12-17(16-9-14(24)6-7-18(16)30)22-27-28-23(33)32(22)21-15-4-2-3-5-19(15)31-11-13(8-20(21)31)10-26-29-25/h2-7,9,12-13H,8,10-11H2,1H3,(H,28,33). The maximum atomic E-state index is 14.1. The molecule has 9 nitrogen and oxygen atoms in total. The van der Waals surface area contributed by atoms with Crippen LogP contribution in [0.3, 0.4) is 0 Å². The molecule has 1 N–H and O–H groups in total. The molecular weight excluding hydrogens is 423 g/mol. The van der Waals surface area contributed by atoms with E-state index in [1.807, 2.05) is 42.1 Å². The molecule has 0 amide bonds. The molecule has 5 aromatic rings. The molecule has 10 heteroatoms. The summed E-state index contributed by atoms with van der Waals surface area (Å²) in [6, 6.07) is 12.5. The number of hydrogen-bond acceptors (Lipinski definition) is 3. The number of nitrogens with zero attached hydrogens (tertiary/aromatic N) is 7. The molecule has 1 aliphatic heterocycles. The van der Waals surface area contributed by atoms with Crippen molar-refractivity contribution in [2.75, 3.05) is 6.54 Å². The monoisotopic (exact) mass is 442 g/mol. The molecule has 0 bridgehead atoms. The molecule has 2 aromatic carbocycles. The van der Waals surface area contributed by atoms with Crippen LogP contribution in [-0.4, -0.2) is 30.4 Å². The minimum absolute atomic E-state index is 0.150. The van der Waals surface area contributed by atoms with Gasteiger partial charge in [0.05, 0.1) is 11.2 Å². The number of para-hydroxylation sites is 1. The second-order valence-corrected chi connectivity index (χ2v) is 8.41. The van der Waals surface area contributed by atoms with E-state index in [-0.39, 0.29) is 17.4 Å². The molecule has 0 aliphatic carbocycles. The van der Waals surface area contributed by atoms with Crippen molar-refractivity contribution in [3.8, 4) is 17.1 Å². The van der Waals surface area contributed by atoms with E-state index in [4.69, 9.17) is 5.53 Å². The number of aromatic nitrogens is 5. The Labute approximate surface area is 186 Å². The quantitative estimate of drug-likeness (QED) is 0.254. The van der Waals surface area contributed by atoms with Gasteiger partial charge in [0.1, 0.15) is 5.82 Å². The SMILES string of the molecule is Cn1cc(-c2n[nH]c(=O)n2-c2c3n(c4ccccc24)CC(CN=[N+]=[N-])C3)c2cc(F)ccc21. The third kappa shape index (κ3) is 2.81. The number of benzene rings is 2. The normalized spacial score (nSPS) is 15.3. The van der Waals surface area contributed by atoms with Gasteiger partial charge in [-0.15, -0.1) is 0 Å². The van der Waals surface area contributed by atoms with Crippen molar-refractivity contribution in [1.82, 2.24) is 23.9 Å². The van der Waals surface area contributed by atoms with E-state index in [0.717, 1.165) is 27.8 Å². The van der Waals surface area contributed by atoms with Crippen LogP contribution in [-0.2, 0) is 20.0 Å². The molecule has 0 spiro atoms. The van der Waals surface area contributed by atoms with Crippen molar-refractivity contribution >= 4 is 21.8 Å². The summed E-state index contributed by atoms with van der Waals surface area (Å²) >= 11 is 0. The summed E-state index contributed by atoms with van der Waals surface area (Å²) in [6.07, 6.45) is 2.53. The predicted molar refractivity (Wildman–Crippen MR) is 123 cm³/mol. The third-order valence-corrected chi connectivity index (χ3v) is 6.46. The van der Waals surface area contributed by atoms with E-state index >= 15 is 0 Å². The maximum absolute atomic E-state index is 14.1. The van der Waals surface area contributed by atoms with Crippen LogP contribution in [0.1, 0.15) is 5.69 Å². The summed E-state index contributed by atoms with van der Waals surface area (Å²) < 4.78 is 19.8. The molecule has 33 heavy (non-hydrogen) atoms. The second-order valence-electron chi connectivity index (χ2n) is 8.41. The zero-order valence-electron chi connectivity index (χ0n) is 17.7. The van der Waals surface area contributed by atoms with Gasteiger partial charge in [-0.1, -0.05) is 23.3 Å². The van der Waals surface area contributed by atoms with Gasteiger partial charge in [0.2, 0.25) is 0 Å². The Morgan fingerprint density at radius 3 is 2.94 bits per heavy atom. The van der Waals surface area contributed by atoms with Gasteiger partial charge in [-0.3, -0.25) is 0 Å². The van der Waals surface area contributed by atoms with Crippen LogP contribution < -0.4 is 5.69 Å². The Kier molecular flexibility index (Phi) is 4.18. The minimum Gasteiger partial charge on any atom is -0.350 e. The molecule has 1 atom stereocenters. The molecule has 6 rings (SSSR count). The lowest BCUT2D eigenvalue weighted by atomic mass is 10.0. The highest BCUT2D eigenvalue weighted by Crippen LogP contribution is 2.38. The van der Waals surface area contributed by atoms with Gasteiger partial charge in [0.15, 0.2) is 5.82 Å². The van der Waals surface area contributed by atoms with Crippen molar-refractivity contribution in [3.63, 3.8) is 0 Å². The fourth-order valence-corrected chi connectivity index (χ4v) is 5.10. The number of H-pyrrole nitrogens is 1. The average Bonchev–Trinajstić information content (AvgIpc) is 3.54. The molecule has 0 fully saturated rings. The van der Waals surface area contributed by atoms with Gasteiger partial charge in [-0.2, -0.15) is 5.10 Å². The van der Waals surface area contributed by atoms with E-state index in [1.165, 1.54) is 12.1 Å². The first kappa shape index (κ1) is 19.4. The minimum atomic E-state index is -0.365. The van der Waals surface area contributed by atoms with Crippen LogP contribution in [0.2, 0.25) is 0 Å². The Morgan fingerprint density at radius 2 is 2.09 bits per heavy atom. The first-order valence-corrected chi connectivity index (χ1v) is 10.6. The smallest absolute Gasteiger partial charge is 0.348 e. The molecule has 0 saturated carbocycles. The van der Waals surface area contributed by atoms with Gasteiger partial charge >= 0.3 is 5.69 Å². The molecule has 0 saturated heterocycles. The summed E-state index contributed by atoms with van der Waals surface area (Å²) in [5, 5.41) is 12.3. The summed E-state index contributed by atoms with van der Waals surface area (Å²) in [5.41, 5.74) is 12.6. The molecule has 3 aromatic heterocycles. The largest absolute Gasteiger partial charge is 0.350 e.